The topological polar surface area (TPSA) is 17.1 Å². The van der Waals surface area contributed by atoms with Crippen molar-refractivity contribution in [2.45, 2.75) is 30.6 Å². The molecule has 4 rings (SSSR count). The second-order valence-electron chi connectivity index (χ2n) is 7.14. The summed E-state index contributed by atoms with van der Waals surface area (Å²) in [7, 11) is 0. The molecular weight excluding hydrogens is 336 g/mol. The summed E-state index contributed by atoms with van der Waals surface area (Å²) in [5.41, 5.74) is 7.30. The summed E-state index contributed by atoms with van der Waals surface area (Å²) in [6.45, 7) is 4.28. The van der Waals surface area contributed by atoms with Gasteiger partial charge in [0.05, 0.1) is 0 Å². The largest absolute Gasteiger partial charge is 0.298 e. The molecule has 2 unspecified atom stereocenters. The first kappa shape index (κ1) is 17.1. The van der Waals surface area contributed by atoms with Gasteiger partial charge in [-0.25, -0.2) is 0 Å². The molecule has 3 aromatic carbocycles. The van der Waals surface area contributed by atoms with Crippen molar-refractivity contribution in [3.63, 3.8) is 0 Å². The van der Waals surface area contributed by atoms with Crippen LogP contribution in [0.2, 0.25) is 0 Å². The summed E-state index contributed by atoms with van der Waals surface area (Å²) < 4.78 is 0. The molecule has 0 aromatic heterocycles. The maximum Gasteiger partial charge on any atom is 0.150 e. The molecule has 26 heavy (non-hydrogen) atoms. The number of carbonyl (C=O) groups is 1. The second-order valence-corrected chi connectivity index (χ2v) is 8.20. The van der Waals surface area contributed by atoms with Crippen LogP contribution in [0.4, 0.5) is 0 Å². The Morgan fingerprint density at radius 3 is 2.42 bits per heavy atom. The highest BCUT2D eigenvalue weighted by Gasteiger charge is 2.32. The smallest absolute Gasteiger partial charge is 0.150 e. The Hall–Kier alpha value is -2.32. The highest BCUT2D eigenvalue weighted by atomic mass is 32.2. The van der Waals surface area contributed by atoms with E-state index in [4.69, 9.17) is 0 Å². The quantitative estimate of drug-likeness (QED) is 0.523. The van der Waals surface area contributed by atoms with Gasteiger partial charge in [0.1, 0.15) is 6.29 Å². The minimum atomic E-state index is 0.273. The summed E-state index contributed by atoms with van der Waals surface area (Å²) in [6, 6.07) is 23.8. The molecule has 0 spiro atoms. The van der Waals surface area contributed by atoms with Crippen molar-refractivity contribution in [3.8, 4) is 0 Å². The number of fused-ring (bicyclic) bond motifs is 1. The zero-order chi connectivity index (χ0) is 18.1. The lowest BCUT2D eigenvalue weighted by Crippen LogP contribution is -2.20. The monoisotopic (exact) mass is 358 g/mol. The van der Waals surface area contributed by atoms with Crippen LogP contribution in [0.3, 0.4) is 0 Å². The summed E-state index contributed by atoms with van der Waals surface area (Å²) in [5, 5.41) is 0. The van der Waals surface area contributed by atoms with Crippen molar-refractivity contribution in [2.75, 3.05) is 5.75 Å². The third-order valence-corrected chi connectivity index (χ3v) is 6.43. The van der Waals surface area contributed by atoms with Crippen molar-refractivity contribution in [1.29, 1.82) is 0 Å². The average molecular weight is 359 g/mol. The van der Waals surface area contributed by atoms with E-state index in [0.717, 1.165) is 17.6 Å². The lowest BCUT2D eigenvalue weighted by Gasteiger charge is -2.34. The Morgan fingerprint density at radius 1 is 0.885 bits per heavy atom. The zero-order valence-corrected chi connectivity index (χ0v) is 15.9. The van der Waals surface area contributed by atoms with Gasteiger partial charge in [-0.2, -0.15) is 0 Å². The lowest BCUT2D eigenvalue weighted by atomic mass is 9.77. The molecule has 3 aromatic rings. The lowest BCUT2D eigenvalue weighted by molar-refractivity contribution is 0.112. The van der Waals surface area contributed by atoms with Crippen LogP contribution in [-0.2, 0) is 0 Å². The molecule has 2 atom stereocenters. The van der Waals surface area contributed by atoms with Gasteiger partial charge in [-0.3, -0.25) is 4.79 Å². The van der Waals surface area contributed by atoms with Crippen LogP contribution in [0, 0.1) is 13.8 Å². The maximum absolute atomic E-state index is 11.3. The van der Waals surface area contributed by atoms with Gasteiger partial charge < -0.3 is 0 Å². The highest BCUT2D eigenvalue weighted by molar-refractivity contribution is 7.99. The van der Waals surface area contributed by atoms with Gasteiger partial charge in [-0.15, -0.1) is 11.8 Å². The predicted molar refractivity (Wildman–Crippen MR) is 109 cm³/mol. The molecule has 0 saturated carbocycles. The molecule has 0 N–H and O–H groups in total. The summed E-state index contributed by atoms with van der Waals surface area (Å²) in [4.78, 5) is 12.7. The number of aryl methyl sites for hydroxylation is 2. The van der Waals surface area contributed by atoms with Crippen LogP contribution in [0.1, 0.15) is 50.0 Å². The van der Waals surface area contributed by atoms with E-state index in [1.165, 1.54) is 32.7 Å². The third-order valence-electron chi connectivity index (χ3n) is 5.24. The van der Waals surface area contributed by atoms with Gasteiger partial charge in [0.15, 0.2) is 0 Å². The summed E-state index contributed by atoms with van der Waals surface area (Å²) in [5.74, 6) is 1.72. The predicted octanol–water partition coefficient (Wildman–Crippen LogP) is 6.14. The first-order valence-electron chi connectivity index (χ1n) is 9.01. The number of aldehydes is 1. The Balaban J connectivity index is 1.86. The third kappa shape index (κ3) is 3.22. The molecule has 0 amide bonds. The van der Waals surface area contributed by atoms with E-state index < -0.39 is 0 Å². The number of hydrogen-bond donors (Lipinski definition) is 0. The van der Waals surface area contributed by atoms with E-state index in [0.29, 0.717) is 5.92 Å². The molecule has 0 bridgehead atoms. The number of thioether (sulfide) groups is 1. The van der Waals surface area contributed by atoms with Crippen molar-refractivity contribution in [1.82, 2.24) is 0 Å². The van der Waals surface area contributed by atoms with Gasteiger partial charge in [0.25, 0.3) is 0 Å². The van der Waals surface area contributed by atoms with Gasteiger partial charge in [0.2, 0.25) is 0 Å². The SMILES string of the molecule is Cc1ccc(C2CSc3cc(C)ccc3C2c2cccc(C=O)c2)cc1. The van der Waals surface area contributed by atoms with Crippen LogP contribution in [0.15, 0.2) is 71.6 Å². The molecule has 1 aliphatic rings. The summed E-state index contributed by atoms with van der Waals surface area (Å²) in [6.07, 6.45) is 0.942. The zero-order valence-electron chi connectivity index (χ0n) is 15.1. The Labute approximate surface area is 159 Å². The van der Waals surface area contributed by atoms with E-state index in [2.05, 4.69) is 68.4 Å². The van der Waals surface area contributed by atoms with Crippen molar-refractivity contribution in [2.24, 2.45) is 0 Å². The van der Waals surface area contributed by atoms with Crippen LogP contribution in [-0.4, -0.2) is 12.0 Å². The molecule has 2 heteroatoms. The van der Waals surface area contributed by atoms with Gasteiger partial charge in [-0.05, 0) is 48.2 Å². The van der Waals surface area contributed by atoms with Crippen molar-refractivity contribution in [3.05, 3.63) is 100 Å². The molecule has 0 radical (unpaired) electrons. The van der Waals surface area contributed by atoms with E-state index >= 15 is 0 Å². The van der Waals surface area contributed by atoms with Crippen molar-refractivity contribution >= 4 is 18.0 Å². The van der Waals surface area contributed by atoms with E-state index in [1.54, 1.807) is 0 Å². The van der Waals surface area contributed by atoms with Gasteiger partial charge in [0, 0.05) is 28.0 Å². The number of carbonyl (C=O) groups excluding carboxylic acids is 1. The van der Waals surface area contributed by atoms with Crippen LogP contribution >= 0.6 is 11.8 Å². The fourth-order valence-electron chi connectivity index (χ4n) is 3.86. The first-order valence-corrected chi connectivity index (χ1v) is 9.99. The molecular formula is C24H22OS. The van der Waals surface area contributed by atoms with Crippen LogP contribution < -0.4 is 0 Å². The van der Waals surface area contributed by atoms with Gasteiger partial charge >= 0.3 is 0 Å². The second kappa shape index (κ2) is 7.13. The van der Waals surface area contributed by atoms with Crippen LogP contribution in [0.25, 0.3) is 0 Å². The molecule has 1 nitrogen and oxygen atoms in total. The molecule has 0 saturated heterocycles. The maximum atomic E-state index is 11.3. The van der Waals surface area contributed by atoms with Crippen molar-refractivity contribution < 1.29 is 4.79 Å². The number of benzene rings is 3. The molecule has 0 aliphatic carbocycles. The number of rotatable bonds is 3. The highest BCUT2D eigenvalue weighted by Crippen LogP contribution is 2.49. The summed E-state index contributed by atoms with van der Waals surface area (Å²) >= 11 is 1.95. The number of hydrogen-bond acceptors (Lipinski definition) is 2. The minimum Gasteiger partial charge on any atom is -0.298 e. The Morgan fingerprint density at radius 2 is 1.65 bits per heavy atom. The fourth-order valence-corrected chi connectivity index (χ4v) is 5.23. The Bertz CT molecular complexity index is 943. The average Bonchev–Trinajstić information content (AvgIpc) is 2.67. The van der Waals surface area contributed by atoms with E-state index in [1.807, 2.05) is 23.9 Å². The minimum absolute atomic E-state index is 0.273. The standard InChI is InChI=1S/C24H22OS/c1-16-6-9-19(10-7-16)22-15-26-23-12-17(2)8-11-21(23)24(22)20-5-3-4-18(13-20)14-25/h3-14,22,24H,15H2,1-2H3. The molecule has 130 valence electrons. The fraction of sp³-hybridized carbons (Fsp3) is 0.208. The normalized spacial score (nSPS) is 19.0. The van der Waals surface area contributed by atoms with Gasteiger partial charge in [-0.1, -0.05) is 60.2 Å². The first-order chi connectivity index (χ1) is 12.7. The molecule has 1 aliphatic heterocycles. The molecule has 0 fully saturated rings. The molecule has 1 heterocycles. The van der Waals surface area contributed by atoms with E-state index in [9.17, 15) is 4.79 Å². The van der Waals surface area contributed by atoms with Crippen LogP contribution in [0.5, 0.6) is 0 Å². The van der Waals surface area contributed by atoms with E-state index in [-0.39, 0.29) is 5.92 Å². The Kier molecular flexibility index (Phi) is 4.69.